The van der Waals surface area contributed by atoms with Crippen LogP contribution in [0, 0.1) is 10.1 Å². The molecule has 3 aromatic rings. The van der Waals surface area contributed by atoms with Gasteiger partial charge < -0.3 is 14.8 Å². The number of carbonyl (C=O) groups excluding carboxylic acids is 2. The average Bonchev–Trinajstić information content (AvgIpc) is 2.77. The molecule has 0 atom stereocenters. The number of nitrogens with zero attached hydrogens (tertiary/aromatic N) is 1. The van der Waals surface area contributed by atoms with Crippen molar-refractivity contribution in [2.75, 3.05) is 11.9 Å². The highest BCUT2D eigenvalue weighted by atomic mass is 35.5. The van der Waals surface area contributed by atoms with Gasteiger partial charge in [-0.15, -0.1) is 0 Å². The summed E-state index contributed by atoms with van der Waals surface area (Å²) in [6, 6.07) is 16.7. The molecule has 8 nitrogen and oxygen atoms in total. The first kappa shape index (κ1) is 23.1. The summed E-state index contributed by atoms with van der Waals surface area (Å²) in [4.78, 5) is 35.0. The molecule has 0 saturated heterocycles. The zero-order valence-electron chi connectivity index (χ0n) is 16.4. The molecular formula is C22H16Cl2N2O6. The van der Waals surface area contributed by atoms with E-state index in [2.05, 4.69) is 5.32 Å². The van der Waals surface area contributed by atoms with Gasteiger partial charge in [-0.2, -0.15) is 0 Å². The normalized spacial score (nSPS) is 10.3. The first-order valence-electron chi connectivity index (χ1n) is 9.20. The molecule has 0 aliphatic carbocycles. The molecule has 3 aromatic carbocycles. The van der Waals surface area contributed by atoms with E-state index >= 15 is 0 Å². The molecule has 164 valence electrons. The summed E-state index contributed by atoms with van der Waals surface area (Å²) in [6.45, 7) is -0.573. The van der Waals surface area contributed by atoms with Gasteiger partial charge in [0.25, 0.3) is 11.6 Å². The number of nitro groups is 1. The summed E-state index contributed by atoms with van der Waals surface area (Å²) < 4.78 is 10.6. The van der Waals surface area contributed by atoms with E-state index in [4.69, 9.17) is 32.7 Å². The van der Waals surface area contributed by atoms with E-state index in [9.17, 15) is 19.7 Å². The lowest BCUT2D eigenvalue weighted by Crippen LogP contribution is -2.20. The second-order valence-corrected chi connectivity index (χ2v) is 7.30. The molecule has 0 aromatic heterocycles. The lowest BCUT2D eigenvalue weighted by molar-refractivity contribution is -0.385. The van der Waals surface area contributed by atoms with Crippen molar-refractivity contribution in [1.82, 2.24) is 0 Å². The number of halogens is 2. The number of rotatable bonds is 8. The SMILES string of the molecule is O=C(COc1ccc(Cl)cc1Cl)Nc1cccc(C(=O)OCc2ccccc2[N+](=O)[O-])c1. The molecule has 10 heteroatoms. The van der Waals surface area contributed by atoms with Crippen molar-refractivity contribution in [3.8, 4) is 5.75 Å². The second-order valence-electron chi connectivity index (χ2n) is 6.45. The summed E-state index contributed by atoms with van der Waals surface area (Å²) in [7, 11) is 0. The Balaban J connectivity index is 1.58. The monoisotopic (exact) mass is 474 g/mol. The summed E-state index contributed by atoms with van der Waals surface area (Å²) in [5, 5.41) is 14.4. The maximum Gasteiger partial charge on any atom is 0.338 e. The van der Waals surface area contributed by atoms with Crippen LogP contribution in [0.2, 0.25) is 10.0 Å². The summed E-state index contributed by atoms with van der Waals surface area (Å²) in [5.41, 5.74) is 0.652. The zero-order valence-corrected chi connectivity index (χ0v) is 17.9. The van der Waals surface area contributed by atoms with Crippen LogP contribution in [-0.2, 0) is 16.1 Å². The van der Waals surface area contributed by atoms with Crippen molar-refractivity contribution in [2.45, 2.75) is 6.61 Å². The van der Waals surface area contributed by atoms with Crippen molar-refractivity contribution < 1.29 is 24.0 Å². The van der Waals surface area contributed by atoms with E-state index in [-0.39, 0.29) is 35.1 Å². The fourth-order valence-corrected chi connectivity index (χ4v) is 3.16. The van der Waals surface area contributed by atoms with Gasteiger partial charge >= 0.3 is 5.97 Å². The third kappa shape index (κ3) is 6.19. The average molecular weight is 475 g/mol. The van der Waals surface area contributed by atoms with Gasteiger partial charge in [0.15, 0.2) is 6.61 Å². The number of hydrogen-bond donors (Lipinski definition) is 1. The Kier molecular flexibility index (Phi) is 7.64. The van der Waals surface area contributed by atoms with Crippen LogP contribution >= 0.6 is 23.2 Å². The van der Waals surface area contributed by atoms with Gasteiger partial charge in [0, 0.05) is 16.8 Å². The summed E-state index contributed by atoms with van der Waals surface area (Å²) >= 11 is 11.8. The van der Waals surface area contributed by atoms with E-state index in [1.165, 1.54) is 36.4 Å². The predicted octanol–water partition coefficient (Wildman–Crippen LogP) is 5.28. The van der Waals surface area contributed by atoms with Crippen molar-refractivity contribution in [3.05, 3.63) is 98.0 Å². The van der Waals surface area contributed by atoms with E-state index in [1.54, 1.807) is 30.3 Å². The van der Waals surface area contributed by atoms with Crippen molar-refractivity contribution >= 4 is 46.5 Å². The zero-order chi connectivity index (χ0) is 23.1. The van der Waals surface area contributed by atoms with Gasteiger partial charge in [-0.05, 0) is 42.5 Å². The van der Waals surface area contributed by atoms with Gasteiger partial charge in [0.2, 0.25) is 0 Å². The van der Waals surface area contributed by atoms with E-state index < -0.39 is 16.8 Å². The highest BCUT2D eigenvalue weighted by Crippen LogP contribution is 2.27. The van der Waals surface area contributed by atoms with Gasteiger partial charge in [0.05, 0.1) is 21.1 Å². The molecular weight excluding hydrogens is 459 g/mol. The van der Waals surface area contributed by atoms with Crippen LogP contribution in [0.15, 0.2) is 66.7 Å². The Hall–Kier alpha value is -3.62. The van der Waals surface area contributed by atoms with Crippen molar-refractivity contribution in [2.24, 2.45) is 0 Å². The molecule has 0 radical (unpaired) electrons. The van der Waals surface area contributed by atoms with Crippen LogP contribution in [0.3, 0.4) is 0 Å². The molecule has 0 spiro atoms. The number of esters is 1. The maximum atomic E-state index is 12.4. The number of hydrogen-bond acceptors (Lipinski definition) is 6. The number of anilines is 1. The molecule has 1 N–H and O–H groups in total. The number of benzene rings is 3. The smallest absolute Gasteiger partial charge is 0.338 e. The fraction of sp³-hybridized carbons (Fsp3) is 0.0909. The first-order chi connectivity index (χ1) is 15.3. The Morgan fingerprint density at radius 2 is 1.78 bits per heavy atom. The van der Waals surface area contributed by atoms with E-state index in [1.807, 2.05) is 0 Å². The van der Waals surface area contributed by atoms with Crippen molar-refractivity contribution in [3.63, 3.8) is 0 Å². The molecule has 0 aliphatic rings. The van der Waals surface area contributed by atoms with E-state index in [0.29, 0.717) is 16.5 Å². The molecule has 3 rings (SSSR count). The highest BCUT2D eigenvalue weighted by molar-refractivity contribution is 6.35. The van der Waals surface area contributed by atoms with Crippen molar-refractivity contribution in [1.29, 1.82) is 0 Å². The Morgan fingerprint density at radius 3 is 2.53 bits per heavy atom. The van der Waals surface area contributed by atoms with Gasteiger partial charge in [0.1, 0.15) is 12.4 Å². The molecule has 1 amide bonds. The fourth-order valence-electron chi connectivity index (χ4n) is 2.69. The van der Waals surface area contributed by atoms with Crippen LogP contribution < -0.4 is 10.1 Å². The maximum absolute atomic E-state index is 12.4. The number of nitro benzene ring substituents is 1. The number of para-hydroxylation sites is 1. The van der Waals surface area contributed by atoms with Crippen LogP contribution in [0.4, 0.5) is 11.4 Å². The molecule has 0 heterocycles. The summed E-state index contributed by atoms with van der Waals surface area (Å²) in [5.74, 6) is -0.858. The lowest BCUT2D eigenvalue weighted by Gasteiger charge is -2.10. The molecule has 32 heavy (non-hydrogen) atoms. The number of amides is 1. The predicted molar refractivity (Wildman–Crippen MR) is 119 cm³/mol. The lowest BCUT2D eigenvalue weighted by atomic mass is 10.2. The number of carbonyl (C=O) groups is 2. The summed E-state index contributed by atoms with van der Waals surface area (Å²) in [6.07, 6.45) is 0. The van der Waals surface area contributed by atoms with E-state index in [0.717, 1.165) is 0 Å². The Labute approximate surface area is 192 Å². The van der Waals surface area contributed by atoms with Crippen LogP contribution in [0.1, 0.15) is 15.9 Å². The molecule has 0 fully saturated rings. The topological polar surface area (TPSA) is 108 Å². The second kappa shape index (κ2) is 10.6. The highest BCUT2D eigenvalue weighted by Gasteiger charge is 2.15. The minimum absolute atomic E-state index is 0.137. The quantitative estimate of drug-likeness (QED) is 0.270. The third-order valence-corrected chi connectivity index (χ3v) is 4.71. The number of ether oxygens (including phenoxy) is 2. The van der Waals surface area contributed by atoms with Gasteiger partial charge in [-0.25, -0.2) is 4.79 Å². The van der Waals surface area contributed by atoms with Gasteiger partial charge in [-0.3, -0.25) is 14.9 Å². The van der Waals surface area contributed by atoms with Crippen LogP contribution in [0.5, 0.6) is 5.75 Å². The molecule has 0 unspecified atom stereocenters. The minimum Gasteiger partial charge on any atom is -0.482 e. The first-order valence-corrected chi connectivity index (χ1v) is 9.96. The molecule has 0 aliphatic heterocycles. The Morgan fingerprint density at radius 1 is 1.00 bits per heavy atom. The minimum atomic E-state index is -0.691. The third-order valence-electron chi connectivity index (χ3n) is 4.18. The van der Waals surface area contributed by atoms with Crippen LogP contribution in [0.25, 0.3) is 0 Å². The van der Waals surface area contributed by atoms with Crippen LogP contribution in [-0.4, -0.2) is 23.4 Å². The molecule has 0 saturated carbocycles. The molecule has 0 bridgehead atoms. The largest absolute Gasteiger partial charge is 0.482 e. The Bertz CT molecular complexity index is 1170. The number of nitrogens with one attached hydrogen (secondary N) is 1. The standard InChI is InChI=1S/C22H16Cl2N2O6/c23-16-8-9-20(18(24)11-16)31-13-21(27)25-17-6-3-5-14(10-17)22(28)32-12-15-4-1-2-7-19(15)26(29)30/h1-11H,12-13H2,(H,25,27). The van der Waals surface area contributed by atoms with Gasteiger partial charge in [-0.1, -0.05) is 41.4 Å².